The molecule has 1 saturated carbocycles. The maximum absolute atomic E-state index is 11.9. The van der Waals surface area contributed by atoms with Crippen molar-refractivity contribution in [3.63, 3.8) is 0 Å². The van der Waals surface area contributed by atoms with E-state index in [1.165, 1.54) is 12.8 Å². The Kier molecular flexibility index (Phi) is 6.09. The lowest BCUT2D eigenvalue weighted by Crippen LogP contribution is -2.46. The number of hydrogen-bond donors (Lipinski definition) is 2. The Labute approximate surface area is 111 Å². The fourth-order valence-electron chi connectivity index (χ4n) is 2.19. The van der Waals surface area contributed by atoms with Gasteiger partial charge in [0, 0.05) is 12.6 Å². The van der Waals surface area contributed by atoms with Gasteiger partial charge in [0.15, 0.2) is 0 Å². The molecule has 1 aliphatic rings. The van der Waals surface area contributed by atoms with Crippen molar-refractivity contribution in [3.05, 3.63) is 0 Å². The Morgan fingerprint density at radius 2 is 2.00 bits per heavy atom. The third kappa shape index (κ3) is 5.83. The Morgan fingerprint density at radius 1 is 1.39 bits per heavy atom. The molecule has 2 atom stereocenters. The van der Waals surface area contributed by atoms with Crippen LogP contribution in [0.1, 0.15) is 39.5 Å². The standard InChI is InChI=1S/C14H29N3O/c1-10(2)7-12(17(3)4)9-16-14(18)13(15)8-11-5-6-11/h10-13H,5-9,15H2,1-4H3,(H,16,18). The lowest BCUT2D eigenvalue weighted by Gasteiger charge is -2.26. The van der Waals surface area contributed by atoms with Gasteiger partial charge in [-0.3, -0.25) is 4.79 Å². The summed E-state index contributed by atoms with van der Waals surface area (Å²) in [5.74, 6) is 1.35. The van der Waals surface area contributed by atoms with Crippen LogP contribution < -0.4 is 11.1 Å². The van der Waals surface area contributed by atoms with E-state index in [0.717, 1.165) is 12.8 Å². The van der Waals surface area contributed by atoms with Crippen molar-refractivity contribution in [1.29, 1.82) is 0 Å². The number of likely N-dealkylation sites (N-methyl/N-ethyl adjacent to an activating group) is 1. The molecule has 106 valence electrons. The number of hydrogen-bond acceptors (Lipinski definition) is 3. The zero-order chi connectivity index (χ0) is 13.7. The predicted molar refractivity (Wildman–Crippen MR) is 75.3 cm³/mol. The average molecular weight is 255 g/mol. The second-order valence-electron chi connectivity index (χ2n) is 6.28. The van der Waals surface area contributed by atoms with E-state index in [9.17, 15) is 4.79 Å². The molecule has 1 amide bonds. The van der Waals surface area contributed by atoms with Crippen LogP contribution in [0.5, 0.6) is 0 Å². The molecule has 4 nitrogen and oxygen atoms in total. The molecule has 0 aliphatic heterocycles. The minimum absolute atomic E-state index is 0.0116. The molecule has 0 spiro atoms. The van der Waals surface area contributed by atoms with Crippen LogP contribution in [0.25, 0.3) is 0 Å². The summed E-state index contributed by atoms with van der Waals surface area (Å²) in [5.41, 5.74) is 5.90. The maximum atomic E-state index is 11.9. The van der Waals surface area contributed by atoms with Crippen LogP contribution in [0.2, 0.25) is 0 Å². The summed E-state index contributed by atoms with van der Waals surface area (Å²) in [6, 6.07) is 0.0708. The molecule has 2 unspecified atom stereocenters. The van der Waals surface area contributed by atoms with Gasteiger partial charge in [-0.1, -0.05) is 26.7 Å². The average Bonchev–Trinajstić information content (AvgIpc) is 3.06. The summed E-state index contributed by atoms with van der Waals surface area (Å²) < 4.78 is 0. The summed E-state index contributed by atoms with van der Waals surface area (Å²) in [6.45, 7) is 5.11. The van der Waals surface area contributed by atoms with Gasteiger partial charge in [0.2, 0.25) is 5.91 Å². The van der Waals surface area contributed by atoms with Gasteiger partial charge in [-0.2, -0.15) is 0 Å². The Hall–Kier alpha value is -0.610. The van der Waals surface area contributed by atoms with E-state index in [0.29, 0.717) is 24.4 Å². The molecule has 0 aromatic rings. The number of rotatable bonds is 8. The number of nitrogens with two attached hydrogens (primary N) is 1. The Bertz CT molecular complexity index is 262. The van der Waals surface area contributed by atoms with Crippen molar-refractivity contribution < 1.29 is 4.79 Å². The summed E-state index contributed by atoms with van der Waals surface area (Å²) in [5, 5.41) is 3.00. The second kappa shape index (κ2) is 7.10. The van der Waals surface area contributed by atoms with Crippen LogP contribution in [0, 0.1) is 11.8 Å². The normalized spacial score (nSPS) is 19.1. The first-order valence-corrected chi connectivity index (χ1v) is 7.09. The van der Waals surface area contributed by atoms with Crippen molar-refractivity contribution in [3.8, 4) is 0 Å². The smallest absolute Gasteiger partial charge is 0.236 e. The molecule has 4 heteroatoms. The molecule has 0 heterocycles. The largest absolute Gasteiger partial charge is 0.353 e. The fraction of sp³-hybridized carbons (Fsp3) is 0.929. The van der Waals surface area contributed by atoms with Gasteiger partial charge in [0.1, 0.15) is 0 Å². The topological polar surface area (TPSA) is 58.4 Å². The molecular formula is C14H29N3O. The number of carbonyl (C=O) groups excluding carboxylic acids is 1. The summed E-state index contributed by atoms with van der Waals surface area (Å²) >= 11 is 0. The van der Waals surface area contributed by atoms with Crippen LogP contribution in [0.3, 0.4) is 0 Å². The van der Waals surface area contributed by atoms with Gasteiger partial charge in [-0.05, 0) is 38.8 Å². The van der Waals surface area contributed by atoms with E-state index in [1.54, 1.807) is 0 Å². The van der Waals surface area contributed by atoms with Crippen LogP contribution in [-0.2, 0) is 4.79 Å². The Balaban J connectivity index is 2.28. The van der Waals surface area contributed by atoms with Crippen molar-refractivity contribution in [2.24, 2.45) is 17.6 Å². The second-order valence-corrected chi connectivity index (χ2v) is 6.28. The lowest BCUT2D eigenvalue weighted by molar-refractivity contribution is -0.122. The van der Waals surface area contributed by atoms with Gasteiger partial charge in [0.05, 0.1) is 6.04 Å². The van der Waals surface area contributed by atoms with Gasteiger partial charge in [0.25, 0.3) is 0 Å². The van der Waals surface area contributed by atoms with Gasteiger partial charge >= 0.3 is 0 Å². The first-order chi connectivity index (χ1) is 8.40. The summed E-state index contributed by atoms with van der Waals surface area (Å²) in [4.78, 5) is 14.0. The molecule has 0 bridgehead atoms. The fourth-order valence-corrected chi connectivity index (χ4v) is 2.19. The molecule has 18 heavy (non-hydrogen) atoms. The van der Waals surface area contributed by atoms with Gasteiger partial charge < -0.3 is 16.0 Å². The molecule has 1 aliphatic carbocycles. The Morgan fingerprint density at radius 3 is 2.44 bits per heavy atom. The molecular weight excluding hydrogens is 226 g/mol. The van der Waals surface area contributed by atoms with Crippen LogP contribution >= 0.6 is 0 Å². The lowest BCUT2D eigenvalue weighted by atomic mass is 10.0. The van der Waals surface area contributed by atoms with E-state index in [1.807, 2.05) is 0 Å². The van der Waals surface area contributed by atoms with Crippen LogP contribution in [0.15, 0.2) is 0 Å². The summed E-state index contributed by atoms with van der Waals surface area (Å²) in [6.07, 6.45) is 4.43. The molecule has 0 radical (unpaired) electrons. The van der Waals surface area contributed by atoms with Gasteiger partial charge in [-0.15, -0.1) is 0 Å². The number of nitrogens with one attached hydrogen (secondary N) is 1. The highest BCUT2D eigenvalue weighted by Crippen LogP contribution is 2.33. The molecule has 1 fully saturated rings. The number of carbonyl (C=O) groups is 1. The van der Waals surface area contributed by atoms with Crippen LogP contribution in [0.4, 0.5) is 0 Å². The van der Waals surface area contributed by atoms with E-state index in [2.05, 4.69) is 38.2 Å². The monoisotopic (exact) mass is 255 g/mol. The highest BCUT2D eigenvalue weighted by molar-refractivity contribution is 5.81. The zero-order valence-electron chi connectivity index (χ0n) is 12.3. The number of nitrogens with zero attached hydrogens (tertiary/aromatic N) is 1. The quantitative estimate of drug-likeness (QED) is 0.685. The molecule has 3 N–H and O–H groups in total. The first-order valence-electron chi connectivity index (χ1n) is 7.09. The molecule has 1 rings (SSSR count). The van der Waals surface area contributed by atoms with E-state index < -0.39 is 0 Å². The molecule has 0 saturated heterocycles. The first kappa shape index (κ1) is 15.4. The summed E-state index contributed by atoms with van der Waals surface area (Å²) in [7, 11) is 4.12. The molecule has 0 aromatic carbocycles. The third-order valence-electron chi connectivity index (χ3n) is 3.61. The SMILES string of the molecule is CC(C)CC(CNC(=O)C(N)CC1CC1)N(C)C. The minimum atomic E-state index is -0.320. The highest BCUT2D eigenvalue weighted by Gasteiger charge is 2.27. The van der Waals surface area contributed by atoms with E-state index in [-0.39, 0.29) is 11.9 Å². The highest BCUT2D eigenvalue weighted by atomic mass is 16.2. The van der Waals surface area contributed by atoms with Crippen molar-refractivity contribution in [2.75, 3.05) is 20.6 Å². The molecule has 0 aromatic heterocycles. The third-order valence-corrected chi connectivity index (χ3v) is 3.61. The maximum Gasteiger partial charge on any atom is 0.236 e. The number of amides is 1. The minimum Gasteiger partial charge on any atom is -0.353 e. The van der Waals surface area contributed by atoms with E-state index >= 15 is 0 Å². The van der Waals surface area contributed by atoms with Crippen molar-refractivity contribution in [1.82, 2.24) is 10.2 Å². The predicted octanol–water partition coefficient (Wildman–Crippen LogP) is 1.21. The van der Waals surface area contributed by atoms with Gasteiger partial charge in [-0.25, -0.2) is 0 Å². The van der Waals surface area contributed by atoms with Crippen molar-refractivity contribution in [2.45, 2.75) is 51.6 Å². The zero-order valence-corrected chi connectivity index (χ0v) is 12.3. The van der Waals surface area contributed by atoms with Crippen LogP contribution in [-0.4, -0.2) is 43.5 Å². The van der Waals surface area contributed by atoms with Crippen molar-refractivity contribution >= 4 is 5.91 Å². The van der Waals surface area contributed by atoms with E-state index in [4.69, 9.17) is 5.73 Å².